The molecular weight excluding hydrogens is 486 g/mol. The van der Waals surface area contributed by atoms with Gasteiger partial charge in [-0.3, -0.25) is 4.99 Å². The maximum atomic E-state index is 13.5. The molecule has 0 aliphatic heterocycles. The molecule has 0 N–H and O–H groups in total. The first-order chi connectivity index (χ1) is 16.3. The molecule has 0 aromatic heterocycles. The Morgan fingerprint density at radius 3 is 1.97 bits per heavy atom. The molecule has 4 heteroatoms. The van der Waals surface area contributed by atoms with E-state index in [1.54, 1.807) is 0 Å². The summed E-state index contributed by atoms with van der Waals surface area (Å²) in [5, 5.41) is 2.22. The second kappa shape index (κ2) is 10.4. The van der Waals surface area contributed by atoms with Crippen LogP contribution in [0, 0.1) is 0 Å². The van der Waals surface area contributed by atoms with Crippen LogP contribution in [0.25, 0.3) is 10.8 Å². The van der Waals surface area contributed by atoms with Crippen molar-refractivity contribution in [2.75, 3.05) is 0 Å². The van der Waals surface area contributed by atoms with Crippen molar-refractivity contribution < 1.29 is 9.53 Å². The highest BCUT2D eigenvalue weighted by molar-refractivity contribution is 9.10. The van der Waals surface area contributed by atoms with Crippen LogP contribution >= 0.6 is 15.9 Å². The molecular formula is C30H28BrNO2. The largest absolute Gasteiger partial charge is 0.458 e. The topological polar surface area (TPSA) is 38.7 Å². The summed E-state index contributed by atoms with van der Waals surface area (Å²) < 4.78 is 6.79. The van der Waals surface area contributed by atoms with E-state index in [2.05, 4.69) is 34.1 Å². The van der Waals surface area contributed by atoms with E-state index in [0.29, 0.717) is 6.42 Å². The van der Waals surface area contributed by atoms with Gasteiger partial charge < -0.3 is 4.74 Å². The first-order valence-corrected chi connectivity index (χ1v) is 12.2. The summed E-state index contributed by atoms with van der Waals surface area (Å²) >= 11 is 3.71. The molecule has 34 heavy (non-hydrogen) atoms. The molecule has 4 rings (SSSR count). The van der Waals surface area contributed by atoms with Gasteiger partial charge in [0.15, 0.2) is 6.04 Å². The van der Waals surface area contributed by atoms with E-state index in [1.807, 2.05) is 99.6 Å². The van der Waals surface area contributed by atoms with Crippen LogP contribution in [0.5, 0.6) is 0 Å². The fraction of sp³-hybridized carbons (Fsp3) is 0.200. The molecule has 0 amide bonds. The molecule has 0 saturated heterocycles. The second-order valence-corrected chi connectivity index (χ2v) is 10.1. The quantitative estimate of drug-likeness (QED) is 0.199. The Hall–Kier alpha value is -3.24. The first kappa shape index (κ1) is 23.9. The number of hydrogen-bond acceptors (Lipinski definition) is 3. The van der Waals surface area contributed by atoms with Gasteiger partial charge in [0.05, 0.1) is 5.71 Å². The van der Waals surface area contributed by atoms with Gasteiger partial charge in [-0.1, -0.05) is 107 Å². The van der Waals surface area contributed by atoms with E-state index in [-0.39, 0.29) is 5.97 Å². The summed E-state index contributed by atoms with van der Waals surface area (Å²) in [6, 6.07) is 31.6. The maximum absolute atomic E-state index is 13.5. The lowest BCUT2D eigenvalue weighted by Crippen LogP contribution is -2.33. The van der Waals surface area contributed by atoms with Gasteiger partial charge in [0, 0.05) is 22.0 Å². The molecule has 0 aliphatic carbocycles. The lowest BCUT2D eigenvalue weighted by atomic mass is 9.97. The first-order valence-electron chi connectivity index (χ1n) is 11.4. The van der Waals surface area contributed by atoms with E-state index < -0.39 is 11.6 Å². The molecule has 172 valence electrons. The SMILES string of the molecule is CC(C)(C)OC(=O)[C@H](Cc1c(Br)ccc2ccccc12)N=C(c1ccccc1)c1ccccc1. The zero-order valence-electron chi connectivity index (χ0n) is 19.7. The second-order valence-electron chi connectivity index (χ2n) is 9.21. The van der Waals surface area contributed by atoms with Gasteiger partial charge in [0.25, 0.3) is 0 Å². The number of fused-ring (bicyclic) bond motifs is 1. The third-order valence-corrected chi connectivity index (χ3v) is 6.18. The lowest BCUT2D eigenvalue weighted by molar-refractivity contribution is -0.156. The minimum absolute atomic E-state index is 0.336. The fourth-order valence-corrected chi connectivity index (χ4v) is 4.43. The van der Waals surface area contributed by atoms with Gasteiger partial charge in [0.1, 0.15) is 5.60 Å². The predicted octanol–water partition coefficient (Wildman–Crippen LogP) is 7.39. The van der Waals surface area contributed by atoms with Crippen LogP contribution in [0.2, 0.25) is 0 Å². The molecule has 0 saturated carbocycles. The molecule has 4 aromatic carbocycles. The van der Waals surface area contributed by atoms with Crippen LogP contribution in [-0.4, -0.2) is 23.3 Å². The number of aliphatic imine (C=N–C) groups is 1. The molecule has 0 spiro atoms. The smallest absolute Gasteiger partial charge is 0.331 e. The zero-order chi connectivity index (χ0) is 24.1. The number of hydrogen-bond donors (Lipinski definition) is 0. The predicted molar refractivity (Wildman–Crippen MR) is 144 cm³/mol. The van der Waals surface area contributed by atoms with Crippen molar-refractivity contribution in [1.82, 2.24) is 0 Å². The van der Waals surface area contributed by atoms with Crippen LogP contribution in [0.4, 0.5) is 0 Å². The van der Waals surface area contributed by atoms with Crippen molar-refractivity contribution in [3.63, 3.8) is 0 Å². The highest BCUT2D eigenvalue weighted by atomic mass is 79.9. The number of carbonyl (C=O) groups excluding carboxylic acids is 1. The number of carbonyl (C=O) groups is 1. The summed E-state index contributed by atoms with van der Waals surface area (Å²) in [6.45, 7) is 5.65. The molecule has 4 aromatic rings. The molecule has 3 nitrogen and oxygen atoms in total. The molecule has 1 atom stereocenters. The van der Waals surface area contributed by atoms with Crippen LogP contribution < -0.4 is 0 Å². The average molecular weight is 514 g/mol. The summed E-state index contributed by atoms with van der Waals surface area (Å²) in [6.07, 6.45) is 0.417. The van der Waals surface area contributed by atoms with Gasteiger partial charge in [-0.05, 0) is 43.2 Å². The molecule has 0 bridgehead atoms. The van der Waals surface area contributed by atoms with E-state index in [9.17, 15) is 4.79 Å². The third kappa shape index (κ3) is 5.81. The number of nitrogens with zero attached hydrogens (tertiary/aromatic N) is 1. The van der Waals surface area contributed by atoms with Crippen molar-refractivity contribution in [3.8, 4) is 0 Å². The van der Waals surface area contributed by atoms with Gasteiger partial charge in [0.2, 0.25) is 0 Å². The molecule has 0 aliphatic rings. The number of ether oxygens (including phenoxy) is 1. The summed E-state index contributed by atoms with van der Waals surface area (Å²) in [5.41, 5.74) is 3.12. The minimum Gasteiger partial charge on any atom is -0.458 e. The number of benzene rings is 4. The average Bonchev–Trinajstić information content (AvgIpc) is 2.83. The number of halogens is 1. The monoisotopic (exact) mass is 513 g/mol. The Bertz CT molecular complexity index is 1270. The highest BCUT2D eigenvalue weighted by Gasteiger charge is 2.27. The van der Waals surface area contributed by atoms with Crippen molar-refractivity contribution in [2.24, 2.45) is 4.99 Å². The standard InChI is InChI=1S/C30H28BrNO2/c1-30(2,3)34-29(33)27(20-25-24-17-11-10-12-21(24)18-19-26(25)31)32-28(22-13-6-4-7-14-22)23-15-8-5-9-16-23/h4-19,27H,20H2,1-3H3/t27-/m0/s1. The van der Waals surface area contributed by atoms with E-state index in [0.717, 1.165) is 37.6 Å². The highest BCUT2D eigenvalue weighted by Crippen LogP contribution is 2.29. The van der Waals surface area contributed by atoms with Gasteiger partial charge in [-0.2, -0.15) is 0 Å². The Morgan fingerprint density at radius 2 is 1.38 bits per heavy atom. The normalized spacial score (nSPS) is 12.2. The van der Waals surface area contributed by atoms with Crippen molar-refractivity contribution in [1.29, 1.82) is 0 Å². The molecule has 0 fully saturated rings. The Kier molecular flexibility index (Phi) is 7.28. The Labute approximate surface area is 209 Å². The van der Waals surface area contributed by atoms with E-state index in [4.69, 9.17) is 9.73 Å². The Morgan fingerprint density at radius 1 is 0.824 bits per heavy atom. The lowest BCUT2D eigenvalue weighted by Gasteiger charge is -2.24. The van der Waals surface area contributed by atoms with Gasteiger partial charge >= 0.3 is 5.97 Å². The van der Waals surface area contributed by atoms with E-state index in [1.165, 1.54) is 0 Å². The van der Waals surface area contributed by atoms with Crippen LogP contribution in [0.3, 0.4) is 0 Å². The van der Waals surface area contributed by atoms with Crippen LogP contribution in [0.1, 0.15) is 37.5 Å². The van der Waals surface area contributed by atoms with E-state index >= 15 is 0 Å². The van der Waals surface area contributed by atoms with Crippen molar-refractivity contribution in [2.45, 2.75) is 38.8 Å². The fourth-order valence-electron chi connectivity index (χ4n) is 3.93. The van der Waals surface area contributed by atoms with Crippen LogP contribution in [0.15, 0.2) is 107 Å². The maximum Gasteiger partial charge on any atom is 0.331 e. The number of esters is 1. The van der Waals surface area contributed by atoms with Gasteiger partial charge in [-0.15, -0.1) is 0 Å². The molecule has 0 radical (unpaired) electrons. The Balaban J connectivity index is 1.85. The van der Waals surface area contributed by atoms with Crippen LogP contribution in [-0.2, 0) is 16.0 Å². The van der Waals surface area contributed by atoms with Crippen molar-refractivity contribution >= 4 is 38.4 Å². The molecule has 0 heterocycles. The third-order valence-electron chi connectivity index (χ3n) is 5.44. The number of rotatable bonds is 6. The van der Waals surface area contributed by atoms with Gasteiger partial charge in [-0.25, -0.2) is 4.79 Å². The van der Waals surface area contributed by atoms with Crippen molar-refractivity contribution in [3.05, 3.63) is 118 Å². The summed E-state index contributed by atoms with van der Waals surface area (Å²) in [4.78, 5) is 18.5. The summed E-state index contributed by atoms with van der Waals surface area (Å²) in [7, 11) is 0. The molecule has 0 unspecified atom stereocenters. The zero-order valence-corrected chi connectivity index (χ0v) is 21.2. The minimum atomic E-state index is -0.711. The summed E-state index contributed by atoms with van der Waals surface area (Å²) in [5.74, 6) is -0.336.